The Morgan fingerprint density at radius 3 is 2.42 bits per heavy atom. The van der Waals surface area contributed by atoms with Crippen molar-refractivity contribution in [1.82, 2.24) is 15.2 Å². The molecule has 2 N–H and O–H groups in total. The number of likely N-dealkylation sites (tertiary alicyclic amines) is 1. The number of benzene rings is 1. The molecule has 12 heteroatoms. The molecular weight excluding hydrogens is 564 g/mol. The molecule has 1 saturated heterocycles. The lowest BCUT2D eigenvalue weighted by atomic mass is 9.77. The molecule has 1 aliphatic carbocycles. The van der Waals surface area contributed by atoms with Gasteiger partial charge in [-0.05, 0) is 57.9 Å². The predicted molar refractivity (Wildman–Crippen MR) is 148 cm³/mol. The van der Waals surface area contributed by atoms with Crippen molar-refractivity contribution < 1.29 is 27.8 Å². The molecule has 0 radical (unpaired) electrons. The molecule has 2 fully saturated rings. The molecule has 216 valence electrons. The van der Waals surface area contributed by atoms with Crippen LogP contribution in [-0.2, 0) is 11.3 Å². The molecule has 3 heterocycles. The van der Waals surface area contributed by atoms with E-state index >= 15 is 0 Å². The Bertz CT molecular complexity index is 1420. The highest BCUT2D eigenvalue weighted by Gasteiger charge is 2.51. The summed E-state index contributed by atoms with van der Waals surface area (Å²) in [7, 11) is 0. The number of carbonyl (C=O) groups excluding carboxylic acids is 2. The zero-order valence-corrected chi connectivity index (χ0v) is 24.4. The highest BCUT2D eigenvalue weighted by atomic mass is 35.5. The predicted octanol–water partition coefficient (Wildman–Crippen LogP) is 5.07. The smallest absolute Gasteiger partial charge is 0.282 e. The summed E-state index contributed by atoms with van der Waals surface area (Å²) in [5, 5.41) is 3.05. The fourth-order valence-electron chi connectivity index (χ4n) is 5.84. The number of fused-ring (bicyclic) bond motifs is 1. The Kier molecular flexibility index (Phi) is 7.58. The highest BCUT2D eigenvalue weighted by Crippen LogP contribution is 2.52. The summed E-state index contributed by atoms with van der Waals surface area (Å²) in [6.45, 7) is 4.42. The minimum Gasteiger partial charge on any atom is -0.448 e. The number of rotatable bonds is 6. The Labute approximate surface area is 240 Å². The van der Waals surface area contributed by atoms with Gasteiger partial charge >= 0.3 is 0 Å². The Balaban J connectivity index is 1.26. The zero-order valence-electron chi connectivity index (χ0n) is 22.8. The standard InChI is InChI=1S/C28H32ClF2N3O5S/c1-14-9-21(40-4)19(25(36)33-14)11-32-24(35)18-10-20(29)23-22(15(18)2)38-27(3,39-23)17-7-5-16(6-8-17)26(37)34-12-28(30,31)13-34/h9-10,16-17H,5-8,11-13H2,1-4H3,(H,32,35)(H,33,36)/t16-,17+,27?. The van der Waals surface area contributed by atoms with Gasteiger partial charge in [0.15, 0.2) is 11.5 Å². The van der Waals surface area contributed by atoms with Crippen LogP contribution in [0.1, 0.15) is 59.8 Å². The summed E-state index contributed by atoms with van der Waals surface area (Å²) in [4.78, 5) is 43.1. The van der Waals surface area contributed by atoms with E-state index in [4.69, 9.17) is 21.1 Å². The van der Waals surface area contributed by atoms with E-state index in [0.717, 1.165) is 10.6 Å². The molecule has 8 nitrogen and oxygen atoms in total. The van der Waals surface area contributed by atoms with E-state index in [-0.39, 0.29) is 34.9 Å². The van der Waals surface area contributed by atoms with Gasteiger partial charge in [-0.25, -0.2) is 8.78 Å². The first-order valence-corrected chi connectivity index (χ1v) is 14.8. The molecule has 1 saturated carbocycles. The first-order valence-electron chi connectivity index (χ1n) is 13.2. The van der Waals surface area contributed by atoms with Gasteiger partial charge in [-0.2, -0.15) is 0 Å². The van der Waals surface area contributed by atoms with Gasteiger partial charge in [0.25, 0.3) is 23.2 Å². The number of ether oxygens (including phenoxy) is 2. The second-order valence-corrected chi connectivity index (χ2v) is 12.3. The van der Waals surface area contributed by atoms with Crippen molar-refractivity contribution in [3.05, 3.63) is 49.9 Å². The number of amides is 2. The highest BCUT2D eigenvalue weighted by molar-refractivity contribution is 7.98. The van der Waals surface area contributed by atoms with Crippen LogP contribution in [0.4, 0.5) is 8.78 Å². The molecule has 5 rings (SSSR count). The van der Waals surface area contributed by atoms with Crippen LogP contribution in [-0.4, -0.2) is 52.8 Å². The van der Waals surface area contributed by atoms with E-state index in [1.807, 2.05) is 19.2 Å². The lowest BCUT2D eigenvalue weighted by molar-refractivity contribution is -0.172. The molecule has 3 aliphatic rings. The summed E-state index contributed by atoms with van der Waals surface area (Å²) in [5.74, 6) is -4.04. The maximum atomic E-state index is 13.2. The van der Waals surface area contributed by atoms with Crippen LogP contribution < -0.4 is 20.3 Å². The topological polar surface area (TPSA) is 101 Å². The Morgan fingerprint density at radius 2 is 1.80 bits per heavy atom. The van der Waals surface area contributed by atoms with E-state index in [0.29, 0.717) is 53.9 Å². The normalized spacial score (nSPS) is 24.9. The Morgan fingerprint density at radius 1 is 1.15 bits per heavy atom. The van der Waals surface area contributed by atoms with Crippen molar-refractivity contribution in [1.29, 1.82) is 0 Å². The summed E-state index contributed by atoms with van der Waals surface area (Å²) in [6, 6.07) is 3.40. The number of aromatic amines is 1. The summed E-state index contributed by atoms with van der Waals surface area (Å²) in [5.41, 5.74) is 1.84. The number of nitrogens with one attached hydrogen (secondary N) is 2. The Hall–Kier alpha value is -2.79. The SMILES string of the molecule is CSc1cc(C)[nH]c(=O)c1CNC(=O)c1cc(Cl)c2c(c1C)OC(C)([C@H]1CC[C@@H](C(=O)N3CC(F)(F)C3)CC1)O2. The van der Waals surface area contributed by atoms with Crippen molar-refractivity contribution in [3.63, 3.8) is 0 Å². The number of pyridine rings is 1. The van der Waals surface area contributed by atoms with Gasteiger partial charge in [-0.3, -0.25) is 14.4 Å². The molecule has 2 aromatic rings. The third kappa shape index (κ3) is 5.30. The van der Waals surface area contributed by atoms with Crippen LogP contribution in [0.2, 0.25) is 5.02 Å². The number of hydrogen-bond donors (Lipinski definition) is 2. The quantitative estimate of drug-likeness (QED) is 0.453. The first kappa shape index (κ1) is 28.7. The third-order valence-electron chi connectivity index (χ3n) is 8.14. The van der Waals surface area contributed by atoms with Crippen molar-refractivity contribution >= 4 is 35.2 Å². The monoisotopic (exact) mass is 595 g/mol. The summed E-state index contributed by atoms with van der Waals surface area (Å²) >= 11 is 7.99. The van der Waals surface area contributed by atoms with Gasteiger partial charge in [-0.1, -0.05) is 11.6 Å². The number of carbonyl (C=O) groups is 2. The van der Waals surface area contributed by atoms with Gasteiger partial charge < -0.3 is 24.7 Å². The number of aromatic nitrogens is 1. The van der Waals surface area contributed by atoms with Crippen LogP contribution in [0.25, 0.3) is 0 Å². The number of halogens is 3. The van der Waals surface area contributed by atoms with E-state index in [1.54, 1.807) is 13.8 Å². The average Bonchev–Trinajstić information content (AvgIpc) is 3.27. The van der Waals surface area contributed by atoms with Crippen LogP contribution in [0.15, 0.2) is 21.8 Å². The molecule has 1 aromatic carbocycles. The summed E-state index contributed by atoms with van der Waals surface area (Å²) in [6.07, 6.45) is 4.23. The maximum absolute atomic E-state index is 13.2. The van der Waals surface area contributed by atoms with E-state index in [9.17, 15) is 23.2 Å². The second kappa shape index (κ2) is 10.6. The largest absolute Gasteiger partial charge is 0.448 e. The number of hydrogen-bond acceptors (Lipinski definition) is 6. The van der Waals surface area contributed by atoms with Crippen molar-refractivity contribution in [2.45, 2.75) is 69.6 Å². The lowest BCUT2D eigenvalue weighted by Crippen LogP contribution is -2.60. The third-order valence-corrected chi connectivity index (χ3v) is 9.23. The number of aryl methyl sites for hydroxylation is 1. The van der Waals surface area contributed by atoms with Crippen molar-refractivity contribution in [3.8, 4) is 11.5 Å². The van der Waals surface area contributed by atoms with Crippen LogP contribution in [0, 0.1) is 25.7 Å². The maximum Gasteiger partial charge on any atom is 0.282 e. The van der Waals surface area contributed by atoms with E-state index in [1.165, 1.54) is 22.7 Å². The fraction of sp³-hybridized carbons (Fsp3) is 0.536. The lowest BCUT2D eigenvalue weighted by Gasteiger charge is -2.42. The fourth-order valence-corrected chi connectivity index (χ4v) is 6.78. The number of thioether (sulfide) groups is 1. The van der Waals surface area contributed by atoms with Gasteiger partial charge in [0, 0.05) is 52.6 Å². The molecule has 2 aliphatic heterocycles. The number of alkyl halides is 2. The molecule has 2 amide bonds. The second-order valence-electron chi connectivity index (χ2n) is 11.0. The minimum atomic E-state index is -2.78. The van der Waals surface area contributed by atoms with E-state index in [2.05, 4.69) is 10.3 Å². The average molecular weight is 596 g/mol. The summed E-state index contributed by atoms with van der Waals surface area (Å²) < 4.78 is 39.0. The van der Waals surface area contributed by atoms with Gasteiger partial charge in [0.2, 0.25) is 5.91 Å². The molecule has 1 atom stereocenters. The zero-order chi connectivity index (χ0) is 29.0. The molecule has 1 unspecified atom stereocenters. The van der Waals surface area contributed by atoms with Crippen LogP contribution >= 0.6 is 23.4 Å². The van der Waals surface area contributed by atoms with Crippen LogP contribution in [0.5, 0.6) is 11.5 Å². The molecule has 40 heavy (non-hydrogen) atoms. The molecule has 0 bridgehead atoms. The van der Waals surface area contributed by atoms with Gasteiger partial charge in [0.1, 0.15) is 0 Å². The van der Waals surface area contributed by atoms with Gasteiger partial charge in [0.05, 0.1) is 18.1 Å². The molecule has 0 spiro atoms. The van der Waals surface area contributed by atoms with Crippen LogP contribution in [0.3, 0.4) is 0 Å². The van der Waals surface area contributed by atoms with Crippen molar-refractivity contribution in [2.75, 3.05) is 19.3 Å². The molecule has 1 aromatic heterocycles. The number of H-pyrrole nitrogens is 1. The van der Waals surface area contributed by atoms with Crippen molar-refractivity contribution in [2.24, 2.45) is 11.8 Å². The van der Waals surface area contributed by atoms with Gasteiger partial charge in [-0.15, -0.1) is 11.8 Å². The molecular formula is C28H32ClF2N3O5S. The van der Waals surface area contributed by atoms with E-state index < -0.39 is 30.7 Å². The number of nitrogens with zero attached hydrogens (tertiary/aromatic N) is 1. The minimum absolute atomic E-state index is 0.0465. The first-order chi connectivity index (χ1) is 18.8.